The van der Waals surface area contributed by atoms with Crippen LogP contribution in [0.4, 0.5) is 0 Å². The molecule has 1 aromatic carbocycles. The van der Waals surface area contributed by atoms with Gasteiger partial charge in [-0.25, -0.2) is 0 Å². The lowest BCUT2D eigenvalue weighted by Crippen LogP contribution is -2.38. The van der Waals surface area contributed by atoms with Crippen LogP contribution in [0.25, 0.3) is 0 Å². The molecule has 92 valence electrons. The number of carbonyl (C=O) groups excluding carboxylic acids is 1. The van der Waals surface area contributed by atoms with Crippen LogP contribution in [0, 0.1) is 0 Å². The minimum Gasteiger partial charge on any atom is -0.493 e. The lowest BCUT2D eigenvalue weighted by atomic mass is 10.1. The molecular formula is C12H15NO4. The normalized spacial score (nSPS) is 19.6. The zero-order valence-corrected chi connectivity index (χ0v) is 9.86. The molecule has 1 aromatic rings. The maximum absolute atomic E-state index is 11.0. The van der Waals surface area contributed by atoms with E-state index in [-0.39, 0.29) is 18.6 Å². The van der Waals surface area contributed by atoms with Gasteiger partial charge in [0, 0.05) is 6.54 Å². The highest BCUT2D eigenvalue weighted by Crippen LogP contribution is 2.31. The number of morpholine rings is 1. The van der Waals surface area contributed by atoms with Gasteiger partial charge in [-0.2, -0.15) is 0 Å². The molecule has 0 aliphatic carbocycles. The number of hydrogen-bond donors (Lipinski definition) is 1. The van der Waals surface area contributed by atoms with Gasteiger partial charge in [-0.05, 0) is 17.7 Å². The van der Waals surface area contributed by atoms with E-state index in [4.69, 9.17) is 14.2 Å². The lowest BCUT2D eigenvalue weighted by molar-refractivity contribution is -0.133. The van der Waals surface area contributed by atoms with Gasteiger partial charge in [-0.15, -0.1) is 0 Å². The van der Waals surface area contributed by atoms with Crippen molar-refractivity contribution >= 4 is 5.91 Å². The number of rotatable bonds is 3. The van der Waals surface area contributed by atoms with Crippen LogP contribution in [0.1, 0.15) is 11.7 Å². The van der Waals surface area contributed by atoms with Crippen molar-refractivity contribution in [2.75, 3.05) is 27.4 Å². The Balaban J connectivity index is 2.18. The van der Waals surface area contributed by atoms with E-state index in [1.54, 1.807) is 14.2 Å². The summed E-state index contributed by atoms with van der Waals surface area (Å²) in [5.41, 5.74) is 0.961. The molecular weight excluding hydrogens is 222 g/mol. The summed E-state index contributed by atoms with van der Waals surface area (Å²) in [5.74, 6) is 1.25. The van der Waals surface area contributed by atoms with Gasteiger partial charge in [0.25, 0.3) is 0 Å². The Morgan fingerprint density at radius 3 is 2.65 bits per heavy atom. The zero-order chi connectivity index (χ0) is 12.3. The van der Waals surface area contributed by atoms with Gasteiger partial charge in [0.1, 0.15) is 12.7 Å². The van der Waals surface area contributed by atoms with Crippen LogP contribution in [-0.2, 0) is 9.53 Å². The molecule has 2 rings (SSSR count). The third-order valence-electron chi connectivity index (χ3n) is 2.68. The molecule has 17 heavy (non-hydrogen) atoms. The molecule has 0 unspecified atom stereocenters. The molecule has 1 aliphatic heterocycles. The van der Waals surface area contributed by atoms with Crippen LogP contribution in [0.2, 0.25) is 0 Å². The van der Waals surface area contributed by atoms with Crippen LogP contribution in [0.3, 0.4) is 0 Å². The number of carbonyl (C=O) groups is 1. The Kier molecular flexibility index (Phi) is 3.49. The molecule has 0 radical (unpaired) electrons. The third kappa shape index (κ3) is 2.50. The van der Waals surface area contributed by atoms with Crippen molar-refractivity contribution in [3.8, 4) is 11.5 Å². The summed E-state index contributed by atoms with van der Waals surface area (Å²) in [6.07, 6.45) is -0.132. The molecule has 1 atom stereocenters. The highest BCUT2D eigenvalue weighted by atomic mass is 16.5. The standard InChI is InChI=1S/C12H15NO4/c1-15-9-4-3-8(5-10(9)16-2)11-6-13-12(14)7-17-11/h3-5,11H,6-7H2,1-2H3,(H,13,14)/t11-/m0/s1. The summed E-state index contributed by atoms with van der Waals surface area (Å²) in [5, 5.41) is 2.76. The number of amides is 1. The third-order valence-corrected chi connectivity index (χ3v) is 2.68. The van der Waals surface area contributed by atoms with Crippen LogP contribution < -0.4 is 14.8 Å². The molecule has 0 aromatic heterocycles. The molecule has 1 saturated heterocycles. The van der Waals surface area contributed by atoms with Crippen molar-refractivity contribution in [1.82, 2.24) is 5.32 Å². The molecule has 1 fully saturated rings. The molecule has 1 heterocycles. The van der Waals surface area contributed by atoms with Crippen LogP contribution in [0.5, 0.6) is 11.5 Å². The van der Waals surface area contributed by atoms with E-state index in [1.807, 2.05) is 18.2 Å². The van der Waals surface area contributed by atoms with E-state index < -0.39 is 0 Å². The fourth-order valence-corrected chi connectivity index (χ4v) is 1.76. The Bertz CT molecular complexity index is 409. The monoisotopic (exact) mass is 237 g/mol. The van der Waals surface area contributed by atoms with E-state index in [0.717, 1.165) is 5.56 Å². The summed E-state index contributed by atoms with van der Waals surface area (Å²) in [6, 6.07) is 5.60. The largest absolute Gasteiger partial charge is 0.493 e. The molecule has 1 aliphatic rings. The molecule has 1 N–H and O–H groups in total. The molecule has 0 bridgehead atoms. The molecule has 1 amide bonds. The predicted octanol–water partition coefficient (Wildman–Crippen LogP) is 0.891. The number of hydrogen-bond acceptors (Lipinski definition) is 4. The second-order valence-electron chi connectivity index (χ2n) is 3.72. The average molecular weight is 237 g/mol. The zero-order valence-electron chi connectivity index (χ0n) is 9.86. The fourth-order valence-electron chi connectivity index (χ4n) is 1.76. The molecule has 5 heteroatoms. The highest BCUT2D eigenvalue weighted by Gasteiger charge is 2.21. The van der Waals surface area contributed by atoms with Crippen LogP contribution in [-0.4, -0.2) is 33.3 Å². The van der Waals surface area contributed by atoms with Crippen molar-refractivity contribution in [2.45, 2.75) is 6.10 Å². The van der Waals surface area contributed by atoms with Gasteiger partial charge in [-0.3, -0.25) is 4.79 Å². The summed E-state index contributed by atoms with van der Waals surface area (Å²) in [6.45, 7) is 0.577. The maximum Gasteiger partial charge on any atom is 0.246 e. The van der Waals surface area contributed by atoms with Gasteiger partial charge in [0.05, 0.1) is 14.2 Å². The molecule has 5 nitrogen and oxygen atoms in total. The first-order valence-electron chi connectivity index (χ1n) is 5.35. The van der Waals surface area contributed by atoms with E-state index >= 15 is 0 Å². The second kappa shape index (κ2) is 5.05. The van der Waals surface area contributed by atoms with Crippen molar-refractivity contribution in [1.29, 1.82) is 0 Å². The molecule has 0 saturated carbocycles. The Morgan fingerprint density at radius 1 is 1.29 bits per heavy atom. The quantitative estimate of drug-likeness (QED) is 0.848. The number of ether oxygens (including phenoxy) is 3. The van der Waals surface area contributed by atoms with E-state index in [1.165, 1.54) is 0 Å². The second-order valence-corrected chi connectivity index (χ2v) is 3.72. The van der Waals surface area contributed by atoms with E-state index in [9.17, 15) is 4.79 Å². The number of nitrogens with one attached hydrogen (secondary N) is 1. The van der Waals surface area contributed by atoms with Crippen LogP contribution >= 0.6 is 0 Å². The van der Waals surface area contributed by atoms with E-state index in [2.05, 4.69) is 5.32 Å². The van der Waals surface area contributed by atoms with Gasteiger partial charge in [-0.1, -0.05) is 6.07 Å². The van der Waals surface area contributed by atoms with Crippen molar-refractivity contribution in [3.05, 3.63) is 23.8 Å². The highest BCUT2D eigenvalue weighted by molar-refractivity contribution is 5.77. The van der Waals surface area contributed by atoms with Gasteiger partial charge >= 0.3 is 0 Å². The SMILES string of the molecule is COc1ccc([C@@H]2CNC(=O)CO2)cc1OC. The Morgan fingerprint density at radius 2 is 2.06 bits per heavy atom. The molecule has 0 spiro atoms. The predicted molar refractivity (Wildman–Crippen MR) is 61.2 cm³/mol. The Labute approximate surface area is 99.7 Å². The summed E-state index contributed by atoms with van der Waals surface area (Å²) >= 11 is 0. The fraction of sp³-hybridized carbons (Fsp3) is 0.417. The number of benzene rings is 1. The summed E-state index contributed by atoms with van der Waals surface area (Å²) in [7, 11) is 3.18. The minimum atomic E-state index is -0.132. The Hall–Kier alpha value is -1.75. The smallest absolute Gasteiger partial charge is 0.246 e. The first-order valence-corrected chi connectivity index (χ1v) is 5.35. The maximum atomic E-state index is 11.0. The number of methoxy groups -OCH3 is 2. The topological polar surface area (TPSA) is 56.8 Å². The lowest BCUT2D eigenvalue weighted by Gasteiger charge is -2.24. The first-order chi connectivity index (χ1) is 8.24. The van der Waals surface area contributed by atoms with Crippen LogP contribution in [0.15, 0.2) is 18.2 Å². The van der Waals surface area contributed by atoms with Gasteiger partial charge in [0.15, 0.2) is 11.5 Å². The summed E-state index contributed by atoms with van der Waals surface area (Å²) < 4.78 is 15.8. The summed E-state index contributed by atoms with van der Waals surface area (Å²) in [4.78, 5) is 11.0. The van der Waals surface area contributed by atoms with Crippen molar-refractivity contribution in [2.24, 2.45) is 0 Å². The van der Waals surface area contributed by atoms with Gasteiger partial charge in [0.2, 0.25) is 5.91 Å². The van der Waals surface area contributed by atoms with Gasteiger partial charge < -0.3 is 19.5 Å². The van der Waals surface area contributed by atoms with Crippen molar-refractivity contribution < 1.29 is 19.0 Å². The first kappa shape index (κ1) is 11.7. The van der Waals surface area contributed by atoms with E-state index in [0.29, 0.717) is 18.0 Å². The average Bonchev–Trinajstić information content (AvgIpc) is 2.39. The minimum absolute atomic E-state index is 0.0817. The van der Waals surface area contributed by atoms with Crippen molar-refractivity contribution in [3.63, 3.8) is 0 Å².